The van der Waals surface area contributed by atoms with Crippen molar-refractivity contribution in [2.24, 2.45) is 22.7 Å². The summed E-state index contributed by atoms with van der Waals surface area (Å²) in [7, 11) is 4.38. The number of carboxylic acid groups (broad SMARTS) is 1. The average molecular weight is 495 g/mol. The molecule has 0 aromatic rings. The third-order valence-electron chi connectivity index (χ3n) is 7.93. The van der Waals surface area contributed by atoms with Crippen molar-refractivity contribution in [3.63, 3.8) is 0 Å². The first-order valence-electron chi connectivity index (χ1n) is 13.2. The van der Waals surface area contributed by atoms with E-state index in [4.69, 9.17) is 0 Å². The molecule has 8 nitrogen and oxygen atoms in total. The highest BCUT2D eigenvalue weighted by molar-refractivity contribution is 5.92. The van der Waals surface area contributed by atoms with Gasteiger partial charge in [-0.2, -0.15) is 0 Å². The summed E-state index contributed by atoms with van der Waals surface area (Å²) in [6.07, 6.45) is 7.20. The van der Waals surface area contributed by atoms with Crippen molar-refractivity contribution >= 4 is 17.9 Å². The number of fused-ring (bicyclic) bond motifs is 1. The molecule has 0 spiro atoms. The quantitative estimate of drug-likeness (QED) is 0.549. The van der Waals surface area contributed by atoms with E-state index in [2.05, 4.69) is 43.5 Å². The van der Waals surface area contributed by atoms with E-state index < -0.39 is 35.0 Å². The summed E-state index contributed by atoms with van der Waals surface area (Å²) in [5, 5.41) is 15.2. The molecule has 3 aliphatic rings. The van der Waals surface area contributed by atoms with Crippen molar-refractivity contribution in [2.75, 3.05) is 20.6 Å². The first-order valence-corrected chi connectivity index (χ1v) is 13.2. The van der Waals surface area contributed by atoms with Gasteiger partial charge in [0, 0.05) is 24.0 Å². The molecule has 3 rings (SSSR count). The molecule has 1 heterocycles. The lowest BCUT2D eigenvalue weighted by molar-refractivity contribution is -0.152. The minimum absolute atomic E-state index is 0.0204. The van der Waals surface area contributed by atoms with Crippen molar-refractivity contribution in [3.05, 3.63) is 0 Å². The van der Waals surface area contributed by atoms with Crippen molar-refractivity contribution < 1.29 is 19.5 Å². The van der Waals surface area contributed by atoms with Crippen LogP contribution in [0.25, 0.3) is 0 Å². The standard InChI is InChI=1S/C19H33N3O4.C8H17N/c1-17(2,3)13(20-16(26)21-18(4,5)6)14(23)22-9-10-11(19(10,7)8)12(22)15(24)25;1-9(2)8-6-4-3-5-7-8/h10-13H,9H2,1-8H3,(H,24,25)(H2,20,21,26);8H,3-7H2,1-2H3/t10?,11-,12-,13+;/m0./s1. The van der Waals surface area contributed by atoms with Gasteiger partial charge in [0.1, 0.15) is 12.1 Å². The molecule has 1 unspecified atom stereocenters. The maximum absolute atomic E-state index is 13.2. The molecule has 8 heteroatoms. The van der Waals surface area contributed by atoms with Gasteiger partial charge in [-0.05, 0) is 64.5 Å². The Bertz CT molecular complexity index is 775. The van der Waals surface area contributed by atoms with Crippen molar-refractivity contribution in [3.8, 4) is 0 Å². The Morgan fingerprint density at radius 1 is 1.00 bits per heavy atom. The van der Waals surface area contributed by atoms with E-state index in [0.29, 0.717) is 6.54 Å². The molecule has 35 heavy (non-hydrogen) atoms. The van der Waals surface area contributed by atoms with Crippen molar-refractivity contribution in [2.45, 2.75) is 111 Å². The Balaban J connectivity index is 0.000000402. The Morgan fingerprint density at radius 2 is 1.54 bits per heavy atom. The topological polar surface area (TPSA) is 102 Å². The van der Waals surface area contributed by atoms with Crippen LogP contribution >= 0.6 is 0 Å². The first-order chi connectivity index (χ1) is 15.9. The molecule has 3 fully saturated rings. The zero-order chi connectivity index (χ0) is 26.9. The zero-order valence-electron chi connectivity index (χ0n) is 23.7. The fourth-order valence-corrected chi connectivity index (χ4v) is 5.72. The summed E-state index contributed by atoms with van der Waals surface area (Å²) in [4.78, 5) is 41.2. The number of hydrogen-bond acceptors (Lipinski definition) is 4. The average Bonchev–Trinajstić information content (AvgIpc) is 3.06. The molecule has 2 saturated carbocycles. The summed E-state index contributed by atoms with van der Waals surface area (Å²) in [5.41, 5.74) is -1.02. The van der Waals surface area contributed by atoms with Gasteiger partial charge in [-0.1, -0.05) is 53.9 Å². The van der Waals surface area contributed by atoms with Gasteiger partial charge in [0.05, 0.1) is 0 Å². The van der Waals surface area contributed by atoms with Gasteiger partial charge in [-0.3, -0.25) is 4.79 Å². The number of urea groups is 1. The summed E-state index contributed by atoms with van der Waals surface area (Å²) in [5.74, 6) is -1.11. The molecule has 3 amide bonds. The molecule has 2 aliphatic carbocycles. The molecule has 0 bridgehead atoms. The van der Waals surface area contributed by atoms with Crippen LogP contribution in [0.4, 0.5) is 4.79 Å². The molecular formula is C27H50N4O4. The van der Waals surface area contributed by atoms with E-state index in [1.165, 1.54) is 37.0 Å². The summed E-state index contributed by atoms with van der Waals surface area (Å²) in [6.45, 7) is 15.7. The van der Waals surface area contributed by atoms with Gasteiger partial charge in [0.25, 0.3) is 0 Å². The van der Waals surface area contributed by atoms with Crippen LogP contribution in [0, 0.1) is 22.7 Å². The maximum atomic E-state index is 13.2. The second kappa shape index (κ2) is 10.7. The number of piperidine rings is 1. The molecule has 1 saturated heterocycles. The minimum Gasteiger partial charge on any atom is -0.480 e. The number of nitrogens with one attached hydrogen (secondary N) is 2. The van der Waals surface area contributed by atoms with Crippen LogP contribution in [0.15, 0.2) is 0 Å². The van der Waals surface area contributed by atoms with Crippen LogP contribution in [0.2, 0.25) is 0 Å². The lowest BCUT2D eigenvalue weighted by atomic mass is 9.85. The SMILES string of the molecule is CC(C)(C)NC(=O)N[C@H](C(=O)N1CC2[C@@H]([C@H]1C(=O)O)C2(C)C)C(C)(C)C.CN(C)C1CCCCC1. The zero-order valence-corrected chi connectivity index (χ0v) is 23.7. The summed E-state index contributed by atoms with van der Waals surface area (Å²) >= 11 is 0. The van der Waals surface area contributed by atoms with Gasteiger partial charge in [0.15, 0.2) is 0 Å². The van der Waals surface area contributed by atoms with E-state index in [1.807, 2.05) is 41.5 Å². The fourth-order valence-electron chi connectivity index (χ4n) is 5.72. The van der Waals surface area contributed by atoms with Crippen LogP contribution in [0.1, 0.15) is 87.5 Å². The Hall–Kier alpha value is -1.83. The maximum Gasteiger partial charge on any atom is 0.326 e. The predicted molar refractivity (Wildman–Crippen MR) is 139 cm³/mol. The largest absolute Gasteiger partial charge is 0.480 e. The van der Waals surface area contributed by atoms with Gasteiger partial charge in [-0.25, -0.2) is 9.59 Å². The molecule has 202 valence electrons. The van der Waals surface area contributed by atoms with Crippen LogP contribution in [0.5, 0.6) is 0 Å². The number of aliphatic carboxylic acids is 1. The van der Waals surface area contributed by atoms with E-state index in [-0.39, 0.29) is 23.2 Å². The summed E-state index contributed by atoms with van der Waals surface area (Å²) < 4.78 is 0. The van der Waals surface area contributed by atoms with Crippen LogP contribution in [-0.4, -0.2) is 77.1 Å². The molecule has 0 radical (unpaired) electrons. The number of likely N-dealkylation sites (tertiary alicyclic amines) is 1. The molecule has 3 N–H and O–H groups in total. The lowest BCUT2D eigenvalue weighted by Gasteiger charge is -2.37. The fraction of sp³-hybridized carbons (Fsp3) is 0.889. The first kappa shape index (κ1) is 29.4. The second-order valence-corrected chi connectivity index (χ2v) is 13.6. The summed E-state index contributed by atoms with van der Waals surface area (Å²) in [6, 6.07) is -1.16. The highest BCUT2D eigenvalue weighted by Crippen LogP contribution is 2.65. The van der Waals surface area contributed by atoms with E-state index in [0.717, 1.165) is 6.04 Å². The van der Waals surface area contributed by atoms with Gasteiger partial charge < -0.3 is 25.5 Å². The molecule has 0 aromatic heterocycles. The Labute approximate surface area is 212 Å². The van der Waals surface area contributed by atoms with Gasteiger partial charge in [0.2, 0.25) is 5.91 Å². The number of nitrogens with zero attached hydrogens (tertiary/aromatic N) is 2. The van der Waals surface area contributed by atoms with Gasteiger partial charge >= 0.3 is 12.0 Å². The molecule has 1 aliphatic heterocycles. The van der Waals surface area contributed by atoms with Crippen LogP contribution in [0.3, 0.4) is 0 Å². The van der Waals surface area contributed by atoms with E-state index in [1.54, 1.807) is 0 Å². The predicted octanol–water partition coefficient (Wildman–Crippen LogP) is 3.95. The third kappa shape index (κ3) is 7.34. The van der Waals surface area contributed by atoms with E-state index >= 15 is 0 Å². The van der Waals surface area contributed by atoms with Gasteiger partial charge in [-0.15, -0.1) is 0 Å². The second-order valence-electron chi connectivity index (χ2n) is 13.6. The lowest BCUT2D eigenvalue weighted by Crippen LogP contribution is -2.60. The van der Waals surface area contributed by atoms with Crippen LogP contribution in [-0.2, 0) is 9.59 Å². The van der Waals surface area contributed by atoms with E-state index in [9.17, 15) is 19.5 Å². The monoisotopic (exact) mass is 494 g/mol. The smallest absolute Gasteiger partial charge is 0.326 e. The number of hydrogen-bond donors (Lipinski definition) is 3. The molecule has 4 atom stereocenters. The van der Waals surface area contributed by atoms with Crippen molar-refractivity contribution in [1.82, 2.24) is 20.4 Å². The number of carbonyl (C=O) groups excluding carboxylic acids is 2. The molecular weight excluding hydrogens is 444 g/mol. The Morgan fingerprint density at radius 3 is 1.94 bits per heavy atom. The minimum atomic E-state index is -0.969. The normalized spacial score (nSPS) is 26.8. The number of carbonyl (C=O) groups is 3. The number of amides is 3. The third-order valence-corrected chi connectivity index (χ3v) is 7.93. The van der Waals surface area contributed by atoms with Crippen molar-refractivity contribution in [1.29, 1.82) is 0 Å². The van der Waals surface area contributed by atoms with Crippen LogP contribution < -0.4 is 10.6 Å². The number of rotatable bonds is 4. The Kier molecular flexibility index (Phi) is 8.95. The highest BCUT2D eigenvalue weighted by atomic mass is 16.4. The number of carboxylic acids is 1. The highest BCUT2D eigenvalue weighted by Gasteiger charge is 2.70. The molecule has 0 aromatic carbocycles.